The van der Waals surface area contributed by atoms with Gasteiger partial charge in [-0.15, -0.1) is 0 Å². The van der Waals surface area contributed by atoms with Crippen molar-refractivity contribution in [3.8, 4) is 0 Å². The quantitative estimate of drug-likeness (QED) is 0.0429. The van der Waals surface area contributed by atoms with Gasteiger partial charge < -0.3 is 15.5 Å². The molecule has 0 radical (unpaired) electrons. The number of carbonyl (C=O) groups excluding carboxylic acids is 1. The number of carbonyl (C=O) groups is 1. The van der Waals surface area contributed by atoms with Crippen LogP contribution in [-0.2, 0) is 4.79 Å². The minimum absolute atomic E-state index is 0.0508. The van der Waals surface area contributed by atoms with E-state index >= 15 is 0 Å². The van der Waals surface area contributed by atoms with Crippen LogP contribution in [0.3, 0.4) is 0 Å². The van der Waals surface area contributed by atoms with E-state index in [-0.39, 0.29) is 12.5 Å². The summed E-state index contributed by atoms with van der Waals surface area (Å²) in [5, 5.41) is 23.0. The van der Waals surface area contributed by atoms with Crippen molar-refractivity contribution in [3.05, 3.63) is 109 Å². The molecule has 1 amide bonds. The van der Waals surface area contributed by atoms with Crippen molar-refractivity contribution in [2.45, 2.75) is 206 Å². The van der Waals surface area contributed by atoms with Gasteiger partial charge >= 0.3 is 0 Å². The Kier molecular flexibility index (Phi) is 44.0. The highest BCUT2D eigenvalue weighted by Crippen LogP contribution is 2.14. The molecule has 2 unspecified atom stereocenters. The van der Waals surface area contributed by atoms with Crippen LogP contribution in [-0.4, -0.2) is 34.9 Å². The second-order valence-corrected chi connectivity index (χ2v) is 15.1. The lowest BCUT2D eigenvalue weighted by Crippen LogP contribution is -2.45. The average molecular weight is 774 g/mol. The summed E-state index contributed by atoms with van der Waals surface area (Å²) in [7, 11) is 0. The van der Waals surface area contributed by atoms with Crippen molar-refractivity contribution >= 4 is 5.91 Å². The number of hydrogen-bond acceptors (Lipinski definition) is 3. The summed E-state index contributed by atoms with van der Waals surface area (Å²) in [6.07, 6.45) is 70.3. The van der Waals surface area contributed by atoms with Gasteiger partial charge in [-0.1, -0.05) is 213 Å². The molecule has 0 aliphatic carbocycles. The molecule has 0 saturated carbocycles. The number of allylic oxidation sites excluding steroid dienone is 18. The van der Waals surface area contributed by atoms with Gasteiger partial charge in [0.05, 0.1) is 18.8 Å². The van der Waals surface area contributed by atoms with Crippen molar-refractivity contribution in [3.63, 3.8) is 0 Å². The molecule has 0 rings (SSSR count). The Morgan fingerprint density at radius 2 is 0.786 bits per heavy atom. The molecular weight excluding hydrogens is 687 g/mol. The first-order chi connectivity index (χ1) is 27.7. The summed E-state index contributed by atoms with van der Waals surface area (Å²) in [5.41, 5.74) is 0. The third-order valence-corrected chi connectivity index (χ3v) is 9.80. The lowest BCUT2D eigenvalue weighted by atomic mass is 10.0. The third-order valence-electron chi connectivity index (χ3n) is 9.80. The molecule has 0 spiro atoms. The van der Waals surface area contributed by atoms with Crippen molar-refractivity contribution in [2.24, 2.45) is 0 Å². The van der Waals surface area contributed by atoms with E-state index in [9.17, 15) is 15.0 Å². The lowest BCUT2D eigenvalue weighted by Gasteiger charge is -2.22. The van der Waals surface area contributed by atoms with E-state index in [4.69, 9.17) is 0 Å². The van der Waals surface area contributed by atoms with Gasteiger partial charge in [0.2, 0.25) is 5.91 Å². The van der Waals surface area contributed by atoms with Gasteiger partial charge in [0.25, 0.3) is 0 Å². The molecule has 0 bridgehead atoms. The molecule has 0 fully saturated rings. The van der Waals surface area contributed by atoms with Gasteiger partial charge in [0.1, 0.15) is 0 Å². The standard InChI is InChI=1S/C52H87NO3/c1-3-5-7-9-11-13-14-15-16-17-18-19-20-21-22-23-24-25-26-27-28-29-30-31-32-33-34-35-36-37-38-40-42-44-46-48-52(56)53-50(49-54)51(55)47-45-43-41-39-12-10-8-6-4-2/h5,7,11,13,15-16,18-19,21-22,24-25,27-28,30-31,33-34,50-51,54-55H,3-4,6,8-10,12,14,17,20,23,26,29,32,35-49H2,1-2H3,(H,53,56)/b7-5-,13-11-,16-15-,19-18-,22-21-,25-24-,28-27-,31-30-,34-33-. The molecule has 4 nitrogen and oxygen atoms in total. The number of nitrogens with one attached hydrogen (secondary N) is 1. The molecule has 0 aromatic carbocycles. The second kappa shape index (κ2) is 46.4. The van der Waals surface area contributed by atoms with Crippen molar-refractivity contribution in [1.82, 2.24) is 5.32 Å². The molecule has 3 N–H and O–H groups in total. The predicted octanol–water partition coefficient (Wildman–Crippen LogP) is 14.8. The molecule has 0 aromatic heterocycles. The van der Waals surface area contributed by atoms with Crippen molar-refractivity contribution in [2.75, 3.05) is 6.61 Å². The Bertz CT molecular complexity index is 1110. The highest BCUT2D eigenvalue weighted by Gasteiger charge is 2.19. The molecule has 318 valence electrons. The summed E-state index contributed by atoms with van der Waals surface area (Å²) in [4.78, 5) is 12.4. The molecule has 4 heteroatoms. The minimum atomic E-state index is -0.669. The van der Waals surface area contributed by atoms with Crippen LogP contribution in [0.15, 0.2) is 109 Å². The molecule has 0 aliphatic rings. The second-order valence-electron chi connectivity index (χ2n) is 15.1. The third kappa shape index (κ3) is 42.2. The first kappa shape index (κ1) is 53.0. The van der Waals surface area contributed by atoms with E-state index < -0.39 is 12.1 Å². The number of amides is 1. The molecular formula is C52H87NO3. The number of hydrogen-bond donors (Lipinski definition) is 3. The van der Waals surface area contributed by atoms with Crippen LogP contribution in [0.4, 0.5) is 0 Å². The largest absolute Gasteiger partial charge is 0.394 e. The van der Waals surface area contributed by atoms with Gasteiger partial charge in [-0.05, 0) is 83.5 Å². The van der Waals surface area contributed by atoms with Crippen LogP contribution >= 0.6 is 0 Å². The minimum Gasteiger partial charge on any atom is -0.394 e. The van der Waals surface area contributed by atoms with Crippen LogP contribution in [0.5, 0.6) is 0 Å². The number of aliphatic hydroxyl groups is 2. The maximum Gasteiger partial charge on any atom is 0.220 e. The van der Waals surface area contributed by atoms with Crippen LogP contribution in [0, 0.1) is 0 Å². The van der Waals surface area contributed by atoms with Crippen molar-refractivity contribution in [1.29, 1.82) is 0 Å². The summed E-state index contributed by atoms with van der Waals surface area (Å²) in [6.45, 7) is 4.20. The van der Waals surface area contributed by atoms with Gasteiger partial charge in [-0.25, -0.2) is 0 Å². The maximum atomic E-state index is 12.4. The molecule has 0 aromatic rings. The molecule has 0 heterocycles. The van der Waals surface area contributed by atoms with Crippen LogP contribution < -0.4 is 5.32 Å². The number of unbranched alkanes of at least 4 members (excludes halogenated alkanes) is 15. The zero-order valence-electron chi connectivity index (χ0n) is 36.4. The van der Waals surface area contributed by atoms with Crippen molar-refractivity contribution < 1.29 is 15.0 Å². The van der Waals surface area contributed by atoms with E-state index in [2.05, 4.69) is 129 Å². The van der Waals surface area contributed by atoms with E-state index in [0.717, 1.165) is 96.3 Å². The van der Waals surface area contributed by atoms with Crippen LogP contribution in [0.2, 0.25) is 0 Å². The Hall–Kier alpha value is -2.95. The Morgan fingerprint density at radius 3 is 1.18 bits per heavy atom. The van der Waals surface area contributed by atoms with Crippen LogP contribution in [0.1, 0.15) is 194 Å². The van der Waals surface area contributed by atoms with Gasteiger partial charge in [0, 0.05) is 6.42 Å². The fourth-order valence-corrected chi connectivity index (χ4v) is 6.29. The monoisotopic (exact) mass is 774 g/mol. The van der Waals surface area contributed by atoms with Gasteiger partial charge in [-0.3, -0.25) is 4.79 Å². The number of aliphatic hydroxyl groups excluding tert-OH is 2. The van der Waals surface area contributed by atoms with Crippen LogP contribution in [0.25, 0.3) is 0 Å². The zero-order chi connectivity index (χ0) is 40.7. The SMILES string of the molecule is CC/C=C\C/C=C\C/C=C\C/C=C\C/C=C\C/C=C\C/C=C\C/C=C\C/C=C\CCCCCCCCCC(=O)NC(CO)C(O)CCCCCCCCCCC. The fraction of sp³-hybridized carbons (Fsp3) is 0.635. The summed E-state index contributed by atoms with van der Waals surface area (Å²) >= 11 is 0. The fourth-order valence-electron chi connectivity index (χ4n) is 6.29. The first-order valence-electron chi connectivity index (χ1n) is 23.1. The average Bonchev–Trinajstić information content (AvgIpc) is 3.20. The topological polar surface area (TPSA) is 69.6 Å². The molecule has 56 heavy (non-hydrogen) atoms. The molecule has 0 aliphatic heterocycles. The Labute approximate surface area is 346 Å². The normalized spacial score (nSPS) is 14.0. The first-order valence-corrected chi connectivity index (χ1v) is 23.1. The Balaban J connectivity index is 3.63. The molecule has 2 atom stereocenters. The van der Waals surface area contributed by atoms with Gasteiger partial charge in [0.15, 0.2) is 0 Å². The van der Waals surface area contributed by atoms with E-state index in [1.165, 1.54) is 70.6 Å². The predicted molar refractivity (Wildman–Crippen MR) is 248 cm³/mol. The Morgan fingerprint density at radius 1 is 0.446 bits per heavy atom. The van der Waals surface area contributed by atoms with E-state index in [1.54, 1.807) is 0 Å². The van der Waals surface area contributed by atoms with Gasteiger partial charge in [-0.2, -0.15) is 0 Å². The highest BCUT2D eigenvalue weighted by molar-refractivity contribution is 5.76. The summed E-state index contributed by atoms with van der Waals surface area (Å²) in [5.74, 6) is -0.0508. The zero-order valence-corrected chi connectivity index (χ0v) is 36.4. The maximum absolute atomic E-state index is 12.4. The van der Waals surface area contributed by atoms with E-state index in [0.29, 0.717) is 12.8 Å². The summed E-state index contributed by atoms with van der Waals surface area (Å²) in [6, 6.07) is -0.547. The smallest absolute Gasteiger partial charge is 0.220 e. The lowest BCUT2D eigenvalue weighted by molar-refractivity contribution is -0.123. The molecule has 0 saturated heterocycles. The highest BCUT2D eigenvalue weighted by atomic mass is 16.3. The van der Waals surface area contributed by atoms with E-state index in [1.807, 2.05) is 0 Å². The number of rotatable bonds is 40. The summed E-state index contributed by atoms with van der Waals surface area (Å²) < 4.78 is 0.